The van der Waals surface area contributed by atoms with Gasteiger partial charge >= 0.3 is 0 Å². The molecule has 0 aliphatic carbocycles. The van der Waals surface area contributed by atoms with Gasteiger partial charge in [0.15, 0.2) is 0 Å². The average Bonchev–Trinajstić information content (AvgIpc) is 2.55. The predicted molar refractivity (Wildman–Crippen MR) is 87.4 cm³/mol. The molecule has 2 rings (SSSR count). The molecule has 8 heteroatoms. The lowest BCUT2D eigenvalue weighted by Gasteiger charge is -2.14. The highest BCUT2D eigenvalue weighted by atomic mass is 35.5. The highest BCUT2D eigenvalue weighted by Crippen LogP contribution is 2.18. The Bertz CT molecular complexity index is 706. The Kier molecular flexibility index (Phi) is 5.61. The fraction of sp³-hybridized carbons (Fsp3) is 0.200. The summed E-state index contributed by atoms with van der Waals surface area (Å²) in [5.74, 6) is 0.140. The number of nitro benzene ring substituents is 1. The number of nitro groups is 1. The molecule has 0 bridgehead atoms. The molecule has 2 N–H and O–H groups in total. The first kappa shape index (κ1) is 16.9. The molecule has 0 aliphatic rings. The average molecular weight is 335 g/mol. The van der Waals surface area contributed by atoms with E-state index < -0.39 is 4.92 Å². The third kappa shape index (κ3) is 5.01. The van der Waals surface area contributed by atoms with Crippen LogP contribution >= 0.6 is 11.6 Å². The molecule has 0 unspecified atom stereocenters. The van der Waals surface area contributed by atoms with Crippen molar-refractivity contribution in [2.45, 2.75) is 13.0 Å². The summed E-state index contributed by atoms with van der Waals surface area (Å²) in [5, 5.41) is 16.9. The van der Waals surface area contributed by atoms with Crippen LogP contribution in [0.5, 0.6) is 0 Å². The monoisotopic (exact) mass is 334 g/mol. The predicted octanol–water partition coefficient (Wildman–Crippen LogP) is 2.93. The van der Waals surface area contributed by atoms with Crippen molar-refractivity contribution in [3.63, 3.8) is 0 Å². The molecule has 0 fully saturated rings. The van der Waals surface area contributed by atoms with Gasteiger partial charge in [0.1, 0.15) is 5.82 Å². The van der Waals surface area contributed by atoms with Crippen LogP contribution < -0.4 is 10.6 Å². The van der Waals surface area contributed by atoms with Crippen molar-refractivity contribution >= 4 is 29.0 Å². The van der Waals surface area contributed by atoms with Crippen LogP contribution in [-0.2, 0) is 4.79 Å². The van der Waals surface area contributed by atoms with Crippen LogP contribution in [0, 0.1) is 10.1 Å². The van der Waals surface area contributed by atoms with E-state index in [1.54, 1.807) is 24.3 Å². The van der Waals surface area contributed by atoms with Gasteiger partial charge in [0.2, 0.25) is 5.91 Å². The van der Waals surface area contributed by atoms with E-state index in [1.807, 2.05) is 6.92 Å². The summed E-state index contributed by atoms with van der Waals surface area (Å²) < 4.78 is 0. The number of amides is 1. The number of aromatic nitrogens is 1. The number of nitrogens with zero attached hydrogens (tertiary/aromatic N) is 2. The molecular weight excluding hydrogens is 320 g/mol. The summed E-state index contributed by atoms with van der Waals surface area (Å²) in [4.78, 5) is 26.1. The third-order valence-electron chi connectivity index (χ3n) is 3.14. The van der Waals surface area contributed by atoms with Crippen LogP contribution in [0.15, 0.2) is 42.6 Å². The van der Waals surface area contributed by atoms with E-state index in [-0.39, 0.29) is 24.2 Å². The number of pyridine rings is 1. The van der Waals surface area contributed by atoms with Crippen molar-refractivity contribution in [2.24, 2.45) is 0 Å². The highest BCUT2D eigenvalue weighted by Gasteiger charge is 2.12. The Morgan fingerprint density at radius 2 is 2.17 bits per heavy atom. The number of hydrogen-bond donors (Lipinski definition) is 2. The molecular formula is C15H15ClN4O3. The normalized spacial score (nSPS) is 11.7. The van der Waals surface area contributed by atoms with Gasteiger partial charge in [-0.2, -0.15) is 0 Å². The zero-order chi connectivity index (χ0) is 16.8. The molecule has 120 valence electrons. The number of benzene rings is 1. The van der Waals surface area contributed by atoms with E-state index in [1.165, 1.54) is 18.3 Å². The van der Waals surface area contributed by atoms with Crippen molar-refractivity contribution < 1.29 is 9.72 Å². The molecule has 0 saturated carbocycles. The quantitative estimate of drug-likeness (QED) is 0.625. The minimum absolute atomic E-state index is 0.0194. The van der Waals surface area contributed by atoms with E-state index in [4.69, 9.17) is 11.6 Å². The molecule has 0 radical (unpaired) electrons. The Hall–Kier alpha value is -2.51. The molecule has 0 spiro atoms. The van der Waals surface area contributed by atoms with Gasteiger partial charge in [-0.05, 0) is 24.6 Å². The molecule has 0 saturated heterocycles. The number of carbonyl (C=O) groups is 1. The number of anilines is 1. The Morgan fingerprint density at radius 1 is 1.39 bits per heavy atom. The van der Waals surface area contributed by atoms with Gasteiger partial charge in [-0.1, -0.05) is 23.7 Å². The minimum atomic E-state index is -0.449. The number of carbonyl (C=O) groups excluding carboxylic acids is 1. The van der Waals surface area contributed by atoms with Gasteiger partial charge in [0.05, 0.1) is 16.5 Å². The fourth-order valence-corrected chi connectivity index (χ4v) is 2.02. The maximum Gasteiger partial charge on any atom is 0.269 e. The standard InChI is InChI=1S/C15H15ClN4O3/c1-10(11-3-2-4-13(7-11)20(22)23)17-9-15(21)19-14-6-5-12(16)8-18-14/h2-8,10,17H,9H2,1H3,(H,18,19,21)/t10-/m1/s1. The lowest BCUT2D eigenvalue weighted by atomic mass is 10.1. The van der Waals surface area contributed by atoms with Crippen molar-refractivity contribution in [1.82, 2.24) is 10.3 Å². The summed E-state index contributed by atoms with van der Waals surface area (Å²) in [6.45, 7) is 1.88. The number of non-ortho nitro benzene ring substituents is 1. The summed E-state index contributed by atoms with van der Waals surface area (Å²) in [5.41, 5.74) is 0.752. The van der Waals surface area contributed by atoms with E-state index in [2.05, 4.69) is 15.6 Å². The van der Waals surface area contributed by atoms with Gasteiger partial charge in [-0.3, -0.25) is 14.9 Å². The number of halogens is 1. The summed E-state index contributed by atoms with van der Waals surface area (Å²) in [7, 11) is 0. The van der Waals surface area contributed by atoms with Crippen molar-refractivity contribution in [1.29, 1.82) is 0 Å². The van der Waals surface area contributed by atoms with Crippen LogP contribution in [0.3, 0.4) is 0 Å². The lowest BCUT2D eigenvalue weighted by molar-refractivity contribution is -0.384. The van der Waals surface area contributed by atoms with Crippen LogP contribution in [0.2, 0.25) is 5.02 Å². The molecule has 1 heterocycles. The molecule has 23 heavy (non-hydrogen) atoms. The maximum atomic E-state index is 11.9. The molecule has 1 amide bonds. The van der Waals surface area contributed by atoms with Crippen molar-refractivity contribution in [2.75, 3.05) is 11.9 Å². The molecule has 7 nitrogen and oxygen atoms in total. The first-order valence-corrected chi connectivity index (χ1v) is 7.22. The Labute approximate surface area is 137 Å². The molecule has 1 aromatic heterocycles. The number of hydrogen-bond acceptors (Lipinski definition) is 5. The van der Waals surface area contributed by atoms with Crippen LogP contribution in [0.1, 0.15) is 18.5 Å². The second-order valence-electron chi connectivity index (χ2n) is 4.86. The second kappa shape index (κ2) is 7.66. The number of nitrogens with one attached hydrogen (secondary N) is 2. The first-order valence-electron chi connectivity index (χ1n) is 6.85. The van der Waals surface area contributed by atoms with Crippen LogP contribution in [0.25, 0.3) is 0 Å². The number of rotatable bonds is 6. The zero-order valence-corrected chi connectivity index (χ0v) is 13.1. The largest absolute Gasteiger partial charge is 0.310 e. The fourth-order valence-electron chi connectivity index (χ4n) is 1.91. The van der Waals surface area contributed by atoms with Crippen LogP contribution in [-0.4, -0.2) is 22.4 Å². The third-order valence-corrected chi connectivity index (χ3v) is 3.37. The SMILES string of the molecule is C[C@@H](NCC(=O)Nc1ccc(Cl)cn1)c1cccc([N+](=O)[O-])c1. The van der Waals surface area contributed by atoms with E-state index in [9.17, 15) is 14.9 Å². The highest BCUT2D eigenvalue weighted by molar-refractivity contribution is 6.30. The Balaban J connectivity index is 1.89. The molecule has 1 atom stereocenters. The van der Waals surface area contributed by atoms with Crippen molar-refractivity contribution in [3.8, 4) is 0 Å². The Morgan fingerprint density at radius 3 is 2.83 bits per heavy atom. The van der Waals surface area contributed by atoms with E-state index in [0.29, 0.717) is 10.8 Å². The summed E-state index contributed by atoms with van der Waals surface area (Å²) in [6.07, 6.45) is 1.44. The minimum Gasteiger partial charge on any atom is -0.310 e. The van der Waals surface area contributed by atoms with E-state index >= 15 is 0 Å². The summed E-state index contributed by atoms with van der Waals surface area (Å²) >= 11 is 5.72. The first-order chi connectivity index (χ1) is 11.0. The van der Waals surface area contributed by atoms with Crippen LogP contribution in [0.4, 0.5) is 11.5 Å². The lowest BCUT2D eigenvalue weighted by Crippen LogP contribution is -2.30. The molecule has 2 aromatic rings. The zero-order valence-electron chi connectivity index (χ0n) is 12.3. The van der Waals surface area contributed by atoms with E-state index in [0.717, 1.165) is 5.56 Å². The second-order valence-corrected chi connectivity index (χ2v) is 5.30. The molecule has 0 aliphatic heterocycles. The van der Waals surface area contributed by atoms with Gasteiger partial charge in [-0.15, -0.1) is 0 Å². The molecule has 1 aromatic carbocycles. The topological polar surface area (TPSA) is 97.2 Å². The summed E-state index contributed by atoms with van der Waals surface area (Å²) in [6, 6.07) is 9.31. The van der Waals surface area contributed by atoms with Gasteiger partial charge < -0.3 is 10.6 Å². The van der Waals surface area contributed by atoms with Gasteiger partial charge in [-0.25, -0.2) is 4.98 Å². The maximum absolute atomic E-state index is 11.9. The van der Waals surface area contributed by atoms with Gasteiger partial charge in [0, 0.05) is 24.4 Å². The van der Waals surface area contributed by atoms with Gasteiger partial charge in [0.25, 0.3) is 5.69 Å². The van der Waals surface area contributed by atoms with Crippen molar-refractivity contribution in [3.05, 3.63) is 63.3 Å². The smallest absolute Gasteiger partial charge is 0.269 e.